The van der Waals surface area contributed by atoms with Gasteiger partial charge in [0.05, 0.1) is 17.7 Å². The van der Waals surface area contributed by atoms with E-state index in [2.05, 4.69) is 10.3 Å². The first-order valence-electron chi connectivity index (χ1n) is 8.26. The Labute approximate surface area is 151 Å². The van der Waals surface area contributed by atoms with E-state index < -0.39 is 6.09 Å². The lowest BCUT2D eigenvalue weighted by Gasteiger charge is -2.17. The van der Waals surface area contributed by atoms with E-state index in [-0.39, 0.29) is 5.91 Å². The van der Waals surface area contributed by atoms with Crippen LogP contribution in [0.1, 0.15) is 17.3 Å². The van der Waals surface area contributed by atoms with Gasteiger partial charge in [-0.1, -0.05) is 18.2 Å². The molecule has 0 aliphatic carbocycles. The summed E-state index contributed by atoms with van der Waals surface area (Å²) in [5.41, 5.74) is 2.47. The molecule has 0 radical (unpaired) electrons. The molecule has 0 bridgehead atoms. The van der Waals surface area contributed by atoms with Crippen molar-refractivity contribution in [2.45, 2.75) is 6.92 Å². The molecule has 6 nitrogen and oxygen atoms in total. The molecule has 0 atom stereocenters. The number of hydrogen-bond acceptors (Lipinski definition) is 4. The number of pyridine rings is 1. The fourth-order valence-corrected chi connectivity index (χ4v) is 2.58. The van der Waals surface area contributed by atoms with Crippen molar-refractivity contribution >= 4 is 34.3 Å². The van der Waals surface area contributed by atoms with Gasteiger partial charge in [0.1, 0.15) is 0 Å². The van der Waals surface area contributed by atoms with E-state index in [1.165, 1.54) is 4.90 Å². The molecule has 0 saturated carbocycles. The largest absolute Gasteiger partial charge is 0.449 e. The number of benzene rings is 2. The minimum absolute atomic E-state index is 0.235. The van der Waals surface area contributed by atoms with Crippen LogP contribution in [0.4, 0.5) is 16.2 Å². The van der Waals surface area contributed by atoms with Crippen molar-refractivity contribution in [2.24, 2.45) is 0 Å². The van der Waals surface area contributed by atoms with E-state index in [4.69, 9.17) is 4.74 Å². The molecule has 2 aromatic carbocycles. The van der Waals surface area contributed by atoms with Crippen LogP contribution in [0, 0.1) is 0 Å². The topological polar surface area (TPSA) is 71.5 Å². The molecule has 0 aliphatic rings. The number of aromatic nitrogens is 1. The number of amides is 2. The van der Waals surface area contributed by atoms with Crippen molar-refractivity contribution in [1.82, 2.24) is 4.98 Å². The summed E-state index contributed by atoms with van der Waals surface area (Å²) in [6.45, 7) is 2.07. The maximum atomic E-state index is 12.6. The van der Waals surface area contributed by atoms with Gasteiger partial charge in [0.25, 0.3) is 5.91 Å². The molecule has 26 heavy (non-hydrogen) atoms. The number of nitrogens with one attached hydrogen (secondary N) is 1. The smallest absolute Gasteiger partial charge is 0.413 e. The van der Waals surface area contributed by atoms with Crippen molar-refractivity contribution in [3.8, 4) is 0 Å². The minimum atomic E-state index is -0.425. The maximum Gasteiger partial charge on any atom is 0.413 e. The van der Waals surface area contributed by atoms with Crippen LogP contribution in [0.5, 0.6) is 0 Å². The zero-order valence-electron chi connectivity index (χ0n) is 14.6. The van der Waals surface area contributed by atoms with Crippen molar-refractivity contribution in [2.75, 3.05) is 23.9 Å². The van der Waals surface area contributed by atoms with Crippen molar-refractivity contribution in [3.63, 3.8) is 0 Å². The molecule has 0 unspecified atom stereocenters. The van der Waals surface area contributed by atoms with Gasteiger partial charge in [-0.05, 0) is 43.3 Å². The number of ether oxygens (including phenoxy) is 1. The highest BCUT2D eigenvalue weighted by atomic mass is 16.6. The lowest BCUT2D eigenvalue weighted by Crippen LogP contribution is -2.26. The third-order valence-corrected chi connectivity index (χ3v) is 3.93. The highest BCUT2D eigenvalue weighted by Gasteiger charge is 2.13. The molecule has 132 valence electrons. The number of para-hydroxylation sites is 1. The first-order chi connectivity index (χ1) is 12.6. The van der Waals surface area contributed by atoms with Crippen LogP contribution in [0.2, 0.25) is 0 Å². The zero-order chi connectivity index (χ0) is 18.5. The Hall–Kier alpha value is -3.41. The van der Waals surface area contributed by atoms with E-state index in [1.54, 1.807) is 50.5 Å². The first-order valence-corrected chi connectivity index (χ1v) is 8.26. The minimum Gasteiger partial charge on any atom is -0.449 e. The monoisotopic (exact) mass is 349 g/mol. The van der Waals surface area contributed by atoms with Crippen LogP contribution in [-0.2, 0) is 4.74 Å². The van der Waals surface area contributed by atoms with E-state index in [0.29, 0.717) is 29.1 Å². The Bertz CT molecular complexity index is 933. The van der Waals surface area contributed by atoms with E-state index in [9.17, 15) is 9.59 Å². The third kappa shape index (κ3) is 3.64. The van der Waals surface area contributed by atoms with Gasteiger partial charge in [-0.25, -0.2) is 4.79 Å². The standard InChI is InChI=1S/C20H19N3O3/c1-3-26-20(25)23(2)16-11-9-15(10-12-16)22-19(24)17-8-4-6-14-7-5-13-21-18(14)17/h4-13H,3H2,1-2H3,(H,22,24). The van der Waals surface area contributed by atoms with Crippen LogP contribution in [0.15, 0.2) is 60.8 Å². The fraction of sp³-hybridized carbons (Fsp3) is 0.150. The average molecular weight is 349 g/mol. The lowest BCUT2D eigenvalue weighted by molar-refractivity contribution is 0.102. The van der Waals surface area contributed by atoms with Gasteiger partial charge in [-0.15, -0.1) is 0 Å². The maximum absolute atomic E-state index is 12.6. The quantitative estimate of drug-likeness (QED) is 0.770. The van der Waals surface area contributed by atoms with E-state index in [1.807, 2.05) is 24.3 Å². The summed E-state index contributed by atoms with van der Waals surface area (Å²) in [5, 5.41) is 3.77. The number of anilines is 2. The Morgan fingerprint density at radius 2 is 1.81 bits per heavy atom. The Morgan fingerprint density at radius 1 is 1.08 bits per heavy atom. The molecule has 0 aliphatic heterocycles. The third-order valence-electron chi connectivity index (χ3n) is 3.93. The summed E-state index contributed by atoms with van der Waals surface area (Å²) in [4.78, 5) is 30.1. The summed E-state index contributed by atoms with van der Waals surface area (Å²) in [7, 11) is 1.63. The van der Waals surface area contributed by atoms with Crippen LogP contribution in [0.3, 0.4) is 0 Å². The summed E-state index contributed by atoms with van der Waals surface area (Å²) < 4.78 is 4.96. The van der Waals surface area contributed by atoms with Crippen molar-refractivity contribution in [1.29, 1.82) is 0 Å². The van der Waals surface area contributed by atoms with Crippen LogP contribution in [0.25, 0.3) is 10.9 Å². The molecular formula is C20H19N3O3. The highest BCUT2D eigenvalue weighted by molar-refractivity contribution is 6.11. The van der Waals surface area contributed by atoms with Gasteiger partial charge in [-0.3, -0.25) is 14.7 Å². The molecule has 3 aromatic rings. The molecule has 0 saturated heterocycles. The predicted octanol–water partition coefficient (Wildman–Crippen LogP) is 4.08. The molecule has 1 heterocycles. The summed E-state index contributed by atoms with van der Waals surface area (Å²) >= 11 is 0. The number of nitrogens with zero attached hydrogens (tertiary/aromatic N) is 2. The number of fused-ring (bicyclic) bond motifs is 1. The summed E-state index contributed by atoms with van der Waals surface area (Å²) in [6, 6.07) is 16.2. The number of carbonyl (C=O) groups is 2. The molecule has 2 amide bonds. The van der Waals surface area contributed by atoms with Gasteiger partial charge >= 0.3 is 6.09 Å². The van der Waals surface area contributed by atoms with Gasteiger partial charge in [-0.2, -0.15) is 0 Å². The normalized spacial score (nSPS) is 10.4. The number of carbonyl (C=O) groups excluding carboxylic acids is 2. The van der Waals surface area contributed by atoms with Gasteiger partial charge in [0.2, 0.25) is 0 Å². The summed E-state index contributed by atoms with van der Waals surface area (Å²) in [5.74, 6) is -0.235. The Morgan fingerprint density at radius 3 is 2.54 bits per heavy atom. The first kappa shape index (κ1) is 17.4. The number of rotatable bonds is 4. The molecule has 0 spiro atoms. The van der Waals surface area contributed by atoms with Crippen molar-refractivity contribution < 1.29 is 14.3 Å². The fourth-order valence-electron chi connectivity index (χ4n) is 2.58. The molecule has 3 rings (SSSR count). The van der Waals surface area contributed by atoms with E-state index in [0.717, 1.165) is 5.39 Å². The molecule has 0 fully saturated rings. The average Bonchev–Trinajstić information content (AvgIpc) is 2.67. The van der Waals surface area contributed by atoms with Gasteiger partial charge < -0.3 is 10.1 Å². The second-order valence-electron chi connectivity index (χ2n) is 5.64. The molecule has 6 heteroatoms. The van der Waals surface area contributed by atoms with Crippen LogP contribution < -0.4 is 10.2 Å². The second-order valence-corrected chi connectivity index (χ2v) is 5.64. The molecule has 1 N–H and O–H groups in total. The Balaban J connectivity index is 1.76. The van der Waals surface area contributed by atoms with Crippen molar-refractivity contribution in [3.05, 3.63) is 66.4 Å². The summed E-state index contributed by atoms with van der Waals surface area (Å²) in [6.07, 6.45) is 1.24. The lowest BCUT2D eigenvalue weighted by atomic mass is 10.1. The molecular weight excluding hydrogens is 330 g/mol. The van der Waals surface area contributed by atoms with E-state index >= 15 is 0 Å². The zero-order valence-corrected chi connectivity index (χ0v) is 14.6. The SMILES string of the molecule is CCOC(=O)N(C)c1ccc(NC(=O)c2cccc3cccnc23)cc1. The molecule has 1 aromatic heterocycles. The Kier molecular flexibility index (Phi) is 5.12. The highest BCUT2D eigenvalue weighted by Crippen LogP contribution is 2.20. The van der Waals surface area contributed by atoms with Crippen LogP contribution >= 0.6 is 0 Å². The van der Waals surface area contributed by atoms with Gasteiger partial charge in [0.15, 0.2) is 0 Å². The number of hydrogen-bond donors (Lipinski definition) is 1. The predicted molar refractivity (Wildman–Crippen MR) is 102 cm³/mol. The van der Waals surface area contributed by atoms with Crippen LogP contribution in [-0.4, -0.2) is 30.6 Å². The second kappa shape index (κ2) is 7.65. The van der Waals surface area contributed by atoms with Gasteiger partial charge in [0, 0.05) is 30.0 Å².